The highest BCUT2D eigenvalue weighted by atomic mass is 15.2. The van der Waals surface area contributed by atoms with Crippen molar-refractivity contribution in [2.45, 2.75) is 26.8 Å². The Labute approximate surface area is 101 Å². The van der Waals surface area contributed by atoms with Crippen LogP contribution in [0.1, 0.15) is 32.4 Å². The van der Waals surface area contributed by atoms with Gasteiger partial charge in [0.25, 0.3) is 0 Å². The zero-order valence-corrected chi connectivity index (χ0v) is 10.3. The first-order valence-electron chi connectivity index (χ1n) is 5.72. The van der Waals surface area contributed by atoms with E-state index in [0.717, 1.165) is 5.52 Å². The van der Waals surface area contributed by atoms with Crippen molar-refractivity contribution >= 4 is 17.0 Å². The molecule has 0 fully saturated rings. The lowest BCUT2D eigenvalue weighted by atomic mass is 10.1. The number of para-hydroxylation sites is 1. The zero-order chi connectivity index (χ0) is 12.6. The van der Waals surface area contributed by atoms with Gasteiger partial charge in [0, 0.05) is 6.04 Å². The van der Waals surface area contributed by atoms with E-state index >= 15 is 0 Å². The average molecular weight is 228 g/mol. The Bertz CT molecular complexity index is 589. The molecule has 0 saturated carbocycles. The van der Waals surface area contributed by atoms with Gasteiger partial charge in [-0.1, -0.05) is 19.9 Å². The van der Waals surface area contributed by atoms with Crippen LogP contribution in [0.5, 0.6) is 0 Å². The number of hydrogen-bond donors (Lipinski definition) is 1. The van der Waals surface area contributed by atoms with Crippen LogP contribution in [0.2, 0.25) is 0 Å². The van der Waals surface area contributed by atoms with Gasteiger partial charge in [-0.3, -0.25) is 0 Å². The Kier molecular flexibility index (Phi) is 2.76. The highest BCUT2D eigenvalue weighted by Gasteiger charge is 2.17. The summed E-state index contributed by atoms with van der Waals surface area (Å²) >= 11 is 0. The predicted octanol–water partition coefficient (Wildman–Crippen LogP) is 2.71. The van der Waals surface area contributed by atoms with Gasteiger partial charge < -0.3 is 10.3 Å². The summed E-state index contributed by atoms with van der Waals surface area (Å²) in [5.41, 5.74) is 8.16. The smallest absolute Gasteiger partial charge is 0.201 e. The van der Waals surface area contributed by atoms with Gasteiger partial charge in [-0.05, 0) is 25.0 Å². The van der Waals surface area contributed by atoms with E-state index in [-0.39, 0.29) is 6.04 Å². The first kappa shape index (κ1) is 11.5. The van der Waals surface area contributed by atoms with Gasteiger partial charge in [0.05, 0.1) is 11.1 Å². The van der Waals surface area contributed by atoms with Crippen LogP contribution in [0.4, 0.5) is 5.95 Å². The van der Waals surface area contributed by atoms with Crippen LogP contribution < -0.4 is 5.73 Å². The second-order valence-corrected chi connectivity index (χ2v) is 4.61. The zero-order valence-electron chi connectivity index (χ0n) is 10.3. The van der Waals surface area contributed by atoms with Crippen LogP contribution in [-0.4, -0.2) is 9.55 Å². The van der Waals surface area contributed by atoms with E-state index in [9.17, 15) is 0 Å². The maximum Gasteiger partial charge on any atom is 0.201 e. The minimum atomic E-state index is 0.258. The molecule has 1 atom stereocenters. The summed E-state index contributed by atoms with van der Waals surface area (Å²) in [4.78, 5) is 4.31. The van der Waals surface area contributed by atoms with Crippen LogP contribution in [0.15, 0.2) is 18.2 Å². The Morgan fingerprint density at radius 3 is 2.65 bits per heavy atom. The number of nitrogens with two attached hydrogens (primary N) is 1. The Hall–Kier alpha value is -2.02. The third-order valence-electron chi connectivity index (χ3n) is 3.24. The molecular formula is C13H16N4. The van der Waals surface area contributed by atoms with Gasteiger partial charge in [-0.2, -0.15) is 5.26 Å². The van der Waals surface area contributed by atoms with Gasteiger partial charge in [0.2, 0.25) is 5.95 Å². The van der Waals surface area contributed by atoms with Crippen molar-refractivity contribution in [2.75, 3.05) is 5.73 Å². The van der Waals surface area contributed by atoms with Crippen molar-refractivity contribution in [1.82, 2.24) is 9.55 Å². The van der Waals surface area contributed by atoms with Crippen molar-refractivity contribution in [3.63, 3.8) is 0 Å². The molecule has 1 heterocycles. The molecule has 4 nitrogen and oxygen atoms in total. The number of benzene rings is 1. The first-order valence-corrected chi connectivity index (χ1v) is 5.72. The Morgan fingerprint density at radius 2 is 2.06 bits per heavy atom. The van der Waals surface area contributed by atoms with Crippen molar-refractivity contribution in [2.24, 2.45) is 5.92 Å². The molecule has 0 saturated heterocycles. The van der Waals surface area contributed by atoms with E-state index in [1.807, 2.05) is 16.7 Å². The number of rotatable bonds is 2. The molecule has 17 heavy (non-hydrogen) atoms. The molecule has 2 N–H and O–H groups in total. The molecule has 0 spiro atoms. The summed E-state index contributed by atoms with van der Waals surface area (Å²) in [6, 6.07) is 7.99. The van der Waals surface area contributed by atoms with E-state index in [4.69, 9.17) is 11.0 Å². The number of nitrogens with zero attached hydrogens (tertiary/aromatic N) is 3. The summed E-state index contributed by atoms with van der Waals surface area (Å²) in [6.07, 6.45) is 0. The maximum atomic E-state index is 9.04. The van der Waals surface area contributed by atoms with Crippen molar-refractivity contribution in [3.05, 3.63) is 23.8 Å². The lowest BCUT2D eigenvalue weighted by molar-refractivity contribution is 0.421. The number of aromatic nitrogens is 2. The second kappa shape index (κ2) is 4.10. The summed E-state index contributed by atoms with van der Waals surface area (Å²) in [7, 11) is 0. The number of fused-ring (bicyclic) bond motifs is 1. The van der Waals surface area contributed by atoms with Gasteiger partial charge >= 0.3 is 0 Å². The van der Waals surface area contributed by atoms with Crippen LogP contribution in [0, 0.1) is 17.2 Å². The van der Waals surface area contributed by atoms with Gasteiger partial charge in [-0.15, -0.1) is 0 Å². The number of nitriles is 1. The highest BCUT2D eigenvalue weighted by molar-refractivity contribution is 5.84. The maximum absolute atomic E-state index is 9.04. The Balaban J connectivity index is 2.73. The summed E-state index contributed by atoms with van der Waals surface area (Å²) in [5.74, 6) is 0.935. The molecule has 1 aromatic heterocycles. The normalized spacial score (nSPS) is 12.9. The van der Waals surface area contributed by atoms with Crippen LogP contribution in [-0.2, 0) is 0 Å². The summed E-state index contributed by atoms with van der Waals surface area (Å²) in [5, 5.41) is 9.04. The van der Waals surface area contributed by atoms with Gasteiger partial charge in [0.1, 0.15) is 11.6 Å². The number of hydrogen-bond acceptors (Lipinski definition) is 3. The van der Waals surface area contributed by atoms with E-state index in [2.05, 4.69) is 31.8 Å². The highest BCUT2D eigenvalue weighted by Crippen LogP contribution is 2.28. The topological polar surface area (TPSA) is 67.6 Å². The van der Waals surface area contributed by atoms with E-state index in [1.54, 1.807) is 6.07 Å². The molecule has 1 aromatic carbocycles. The molecule has 0 bridgehead atoms. The molecule has 4 heteroatoms. The van der Waals surface area contributed by atoms with E-state index in [1.165, 1.54) is 0 Å². The van der Waals surface area contributed by atoms with Crippen molar-refractivity contribution in [3.8, 4) is 6.07 Å². The predicted molar refractivity (Wildman–Crippen MR) is 68.4 cm³/mol. The molecular weight excluding hydrogens is 212 g/mol. The number of nitrogen functional groups attached to an aromatic ring is 1. The van der Waals surface area contributed by atoms with Gasteiger partial charge in [0.15, 0.2) is 0 Å². The quantitative estimate of drug-likeness (QED) is 0.859. The molecule has 0 aliphatic rings. The van der Waals surface area contributed by atoms with Crippen molar-refractivity contribution in [1.29, 1.82) is 5.26 Å². The lowest BCUT2D eigenvalue weighted by Crippen LogP contribution is -2.13. The van der Waals surface area contributed by atoms with Crippen LogP contribution in [0.3, 0.4) is 0 Å². The third-order valence-corrected chi connectivity index (χ3v) is 3.24. The number of imidazole rings is 1. The molecule has 1 unspecified atom stereocenters. The monoisotopic (exact) mass is 228 g/mol. The van der Waals surface area contributed by atoms with E-state index < -0.39 is 0 Å². The van der Waals surface area contributed by atoms with Crippen LogP contribution >= 0.6 is 0 Å². The molecule has 0 aliphatic heterocycles. The molecule has 0 radical (unpaired) electrons. The summed E-state index contributed by atoms with van der Waals surface area (Å²) < 4.78 is 2.00. The average Bonchev–Trinajstić information content (AvgIpc) is 2.63. The molecule has 88 valence electrons. The lowest BCUT2D eigenvalue weighted by Gasteiger charge is -2.19. The van der Waals surface area contributed by atoms with E-state index in [0.29, 0.717) is 22.9 Å². The fourth-order valence-electron chi connectivity index (χ4n) is 1.95. The number of anilines is 1. The second-order valence-electron chi connectivity index (χ2n) is 4.61. The minimum absolute atomic E-state index is 0.258. The molecule has 2 aromatic rings. The minimum Gasteiger partial charge on any atom is -0.369 e. The summed E-state index contributed by atoms with van der Waals surface area (Å²) in [6.45, 7) is 6.40. The van der Waals surface area contributed by atoms with Crippen molar-refractivity contribution < 1.29 is 0 Å². The molecule has 0 aliphatic carbocycles. The first-order chi connectivity index (χ1) is 8.06. The third kappa shape index (κ3) is 1.74. The van der Waals surface area contributed by atoms with Gasteiger partial charge in [-0.25, -0.2) is 4.98 Å². The van der Waals surface area contributed by atoms with Crippen LogP contribution in [0.25, 0.3) is 11.0 Å². The standard InChI is InChI=1S/C13H16N4/c1-8(2)9(3)17-11-6-4-5-10(7-14)12(11)16-13(17)15/h4-6,8-9H,1-3H3,(H2,15,16). The molecule has 0 amide bonds. The fraction of sp³-hybridized carbons (Fsp3) is 0.385. The Morgan fingerprint density at radius 1 is 1.35 bits per heavy atom. The largest absolute Gasteiger partial charge is 0.369 e. The SMILES string of the molecule is CC(C)C(C)n1c(N)nc2c(C#N)cccc21. The fourth-order valence-corrected chi connectivity index (χ4v) is 1.95. The molecule has 2 rings (SSSR count).